The van der Waals surface area contributed by atoms with E-state index in [4.69, 9.17) is 0 Å². The highest BCUT2D eigenvalue weighted by Crippen LogP contribution is 2.04. The Labute approximate surface area is 87.5 Å². The fourth-order valence-electron chi connectivity index (χ4n) is 1.00. The number of ether oxygens (including phenoxy) is 1. The van der Waals surface area contributed by atoms with E-state index >= 15 is 0 Å². The number of nitrogens with zero attached hydrogens (tertiary/aromatic N) is 1. The molecule has 1 N–H and O–H groups in total. The second-order valence-corrected chi connectivity index (χ2v) is 2.97. The zero-order chi connectivity index (χ0) is 11.3. The topological polar surface area (TPSA) is 68.3 Å². The summed E-state index contributed by atoms with van der Waals surface area (Å²) in [5.41, 5.74) is 0.797. The first kappa shape index (κ1) is 11.2. The summed E-state index contributed by atoms with van der Waals surface area (Å²) in [6, 6.07) is 5.24. The summed E-state index contributed by atoms with van der Waals surface area (Å²) in [7, 11) is 1.24. The van der Waals surface area contributed by atoms with Crippen molar-refractivity contribution < 1.29 is 14.3 Å². The number of carbonyl (C=O) groups is 2. The van der Waals surface area contributed by atoms with E-state index in [-0.39, 0.29) is 6.42 Å². The normalized spacial score (nSPS) is 9.47. The maximum Gasteiger partial charge on any atom is 0.315 e. The summed E-state index contributed by atoms with van der Waals surface area (Å²) in [5.74, 6) is -0.566. The smallest absolute Gasteiger partial charge is 0.315 e. The van der Waals surface area contributed by atoms with Gasteiger partial charge in [-0.3, -0.25) is 9.59 Å². The number of methoxy groups -OCH3 is 1. The predicted octanol–water partition coefficient (Wildman–Crippen LogP) is 0.892. The van der Waals surface area contributed by atoms with E-state index < -0.39 is 11.9 Å². The van der Waals surface area contributed by atoms with Crippen molar-refractivity contribution in [3.63, 3.8) is 0 Å². The van der Waals surface area contributed by atoms with Gasteiger partial charge in [0.05, 0.1) is 7.11 Å². The zero-order valence-electron chi connectivity index (χ0n) is 8.61. The van der Waals surface area contributed by atoms with Crippen LogP contribution in [0.1, 0.15) is 12.1 Å². The molecule has 0 aliphatic rings. The summed E-state index contributed by atoms with van der Waals surface area (Å²) >= 11 is 0. The van der Waals surface area contributed by atoms with E-state index in [0.717, 1.165) is 5.69 Å². The van der Waals surface area contributed by atoms with E-state index in [1.54, 1.807) is 12.1 Å². The van der Waals surface area contributed by atoms with Crippen LogP contribution in [-0.4, -0.2) is 24.0 Å². The monoisotopic (exact) mass is 208 g/mol. The molecule has 0 aliphatic carbocycles. The molecule has 0 spiro atoms. The molecule has 1 aromatic heterocycles. The molecule has 5 nitrogen and oxygen atoms in total. The Balaban J connectivity index is 2.55. The second-order valence-electron chi connectivity index (χ2n) is 2.97. The van der Waals surface area contributed by atoms with E-state index in [1.807, 2.05) is 13.0 Å². The number of aryl methyl sites for hydroxylation is 1. The van der Waals surface area contributed by atoms with Gasteiger partial charge in [-0.1, -0.05) is 6.07 Å². The summed E-state index contributed by atoms with van der Waals surface area (Å²) in [5, 5.41) is 2.50. The molecule has 0 aromatic carbocycles. The molecule has 1 heterocycles. The molecular formula is C10H12N2O3. The van der Waals surface area contributed by atoms with E-state index in [2.05, 4.69) is 15.0 Å². The molecule has 80 valence electrons. The number of nitrogens with one attached hydrogen (secondary N) is 1. The van der Waals surface area contributed by atoms with Gasteiger partial charge < -0.3 is 10.1 Å². The average Bonchev–Trinajstić information content (AvgIpc) is 2.17. The fraction of sp³-hybridized carbons (Fsp3) is 0.300. The highest BCUT2D eigenvalue weighted by atomic mass is 16.5. The van der Waals surface area contributed by atoms with Gasteiger partial charge >= 0.3 is 5.97 Å². The van der Waals surface area contributed by atoms with E-state index in [9.17, 15) is 9.59 Å². The van der Waals surface area contributed by atoms with Gasteiger partial charge in [-0.2, -0.15) is 0 Å². The van der Waals surface area contributed by atoms with Crippen LogP contribution in [0.4, 0.5) is 5.82 Å². The van der Waals surface area contributed by atoms with E-state index in [0.29, 0.717) is 5.82 Å². The van der Waals surface area contributed by atoms with Crippen molar-refractivity contribution >= 4 is 17.7 Å². The summed E-state index contributed by atoms with van der Waals surface area (Å²) in [4.78, 5) is 26.1. The van der Waals surface area contributed by atoms with Gasteiger partial charge in [-0.15, -0.1) is 0 Å². The number of amides is 1. The molecule has 0 fully saturated rings. The highest BCUT2D eigenvalue weighted by Gasteiger charge is 2.09. The highest BCUT2D eigenvalue weighted by molar-refractivity contribution is 6.01. The van der Waals surface area contributed by atoms with Gasteiger partial charge in [0.1, 0.15) is 12.2 Å². The third kappa shape index (κ3) is 3.76. The predicted molar refractivity (Wildman–Crippen MR) is 54.2 cm³/mol. The quantitative estimate of drug-likeness (QED) is 0.591. The average molecular weight is 208 g/mol. The molecule has 1 rings (SSSR count). The van der Waals surface area contributed by atoms with Gasteiger partial charge in [-0.25, -0.2) is 4.98 Å². The lowest BCUT2D eigenvalue weighted by Gasteiger charge is -2.03. The molecule has 0 unspecified atom stereocenters. The molecule has 0 saturated heterocycles. The van der Waals surface area contributed by atoms with Gasteiger partial charge in [-0.05, 0) is 19.1 Å². The number of esters is 1. The lowest BCUT2D eigenvalue weighted by Crippen LogP contribution is -2.17. The molecular weight excluding hydrogens is 196 g/mol. The molecule has 0 saturated carbocycles. The van der Waals surface area contributed by atoms with Gasteiger partial charge in [0.2, 0.25) is 5.91 Å². The van der Waals surface area contributed by atoms with Crippen molar-refractivity contribution in [3.05, 3.63) is 23.9 Å². The van der Waals surface area contributed by atoms with Gasteiger partial charge in [0.15, 0.2) is 0 Å². The van der Waals surface area contributed by atoms with Crippen molar-refractivity contribution in [3.8, 4) is 0 Å². The largest absolute Gasteiger partial charge is 0.469 e. The molecule has 1 aromatic rings. The van der Waals surface area contributed by atoms with Crippen LogP contribution >= 0.6 is 0 Å². The first-order valence-corrected chi connectivity index (χ1v) is 4.42. The second kappa shape index (κ2) is 5.09. The van der Waals surface area contributed by atoms with Gasteiger partial charge in [0.25, 0.3) is 0 Å². The van der Waals surface area contributed by atoms with Crippen LogP contribution in [-0.2, 0) is 14.3 Å². The van der Waals surface area contributed by atoms with Crippen LogP contribution in [0.3, 0.4) is 0 Å². The molecule has 15 heavy (non-hydrogen) atoms. The first-order valence-electron chi connectivity index (χ1n) is 4.42. The number of pyridine rings is 1. The Morgan fingerprint density at radius 3 is 2.80 bits per heavy atom. The number of rotatable bonds is 3. The third-order valence-electron chi connectivity index (χ3n) is 1.69. The number of aromatic nitrogens is 1. The molecule has 1 amide bonds. The first-order chi connectivity index (χ1) is 7.11. The molecule has 0 aliphatic heterocycles. The Hall–Kier alpha value is -1.91. The lowest BCUT2D eigenvalue weighted by atomic mass is 10.3. The Morgan fingerprint density at radius 2 is 2.20 bits per heavy atom. The fourth-order valence-corrected chi connectivity index (χ4v) is 1.00. The van der Waals surface area contributed by atoms with Crippen LogP contribution < -0.4 is 5.32 Å². The molecule has 0 atom stereocenters. The number of hydrogen-bond donors (Lipinski definition) is 1. The number of anilines is 1. The Bertz CT molecular complexity index is 377. The van der Waals surface area contributed by atoms with Crippen LogP contribution in [0, 0.1) is 6.92 Å². The minimum Gasteiger partial charge on any atom is -0.469 e. The Kier molecular flexibility index (Phi) is 3.79. The van der Waals surface area contributed by atoms with Crippen molar-refractivity contribution in [1.29, 1.82) is 0 Å². The van der Waals surface area contributed by atoms with Crippen molar-refractivity contribution in [2.45, 2.75) is 13.3 Å². The van der Waals surface area contributed by atoms with Gasteiger partial charge in [0, 0.05) is 5.69 Å². The number of hydrogen-bond acceptors (Lipinski definition) is 4. The van der Waals surface area contributed by atoms with E-state index in [1.165, 1.54) is 7.11 Å². The minimum absolute atomic E-state index is 0.299. The Morgan fingerprint density at radius 1 is 1.47 bits per heavy atom. The standard InChI is InChI=1S/C10H12N2O3/c1-7-4-3-5-8(11-7)12-9(13)6-10(14)15-2/h3-5H,6H2,1-2H3,(H,11,12,13). The lowest BCUT2D eigenvalue weighted by molar-refractivity contribution is -0.142. The minimum atomic E-state index is -0.569. The van der Waals surface area contributed by atoms with Crippen LogP contribution in [0.2, 0.25) is 0 Å². The maximum absolute atomic E-state index is 11.2. The summed E-state index contributed by atoms with van der Waals surface area (Å²) in [6.07, 6.45) is -0.299. The number of carbonyl (C=O) groups excluding carboxylic acids is 2. The molecule has 5 heteroatoms. The van der Waals surface area contributed by atoms with Crippen molar-refractivity contribution in [2.75, 3.05) is 12.4 Å². The third-order valence-corrected chi connectivity index (χ3v) is 1.69. The molecule has 0 bridgehead atoms. The summed E-state index contributed by atoms with van der Waals surface area (Å²) < 4.78 is 4.36. The van der Waals surface area contributed by atoms with Crippen LogP contribution in [0.15, 0.2) is 18.2 Å². The maximum atomic E-state index is 11.2. The zero-order valence-corrected chi connectivity index (χ0v) is 8.61. The molecule has 0 radical (unpaired) electrons. The SMILES string of the molecule is COC(=O)CC(=O)Nc1cccc(C)n1. The van der Waals surface area contributed by atoms with Crippen LogP contribution in [0.25, 0.3) is 0 Å². The summed E-state index contributed by atoms with van der Waals surface area (Å²) in [6.45, 7) is 1.82. The van der Waals surface area contributed by atoms with Crippen LogP contribution in [0.5, 0.6) is 0 Å². The van der Waals surface area contributed by atoms with Crippen molar-refractivity contribution in [1.82, 2.24) is 4.98 Å². The van der Waals surface area contributed by atoms with Crippen molar-refractivity contribution in [2.24, 2.45) is 0 Å².